The van der Waals surface area contributed by atoms with Crippen LogP contribution in [0.5, 0.6) is 0 Å². The Morgan fingerprint density at radius 3 is 2.50 bits per heavy atom. The van der Waals surface area contributed by atoms with Gasteiger partial charge in [-0.25, -0.2) is 0 Å². The van der Waals surface area contributed by atoms with Gasteiger partial charge in [-0.15, -0.1) is 0 Å². The fourth-order valence-electron chi connectivity index (χ4n) is 0.328. The molecule has 2 nitrogen and oxygen atoms in total. The summed E-state index contributed by atoms with van der Waals surface area (Å²) in [4.78, 5) is 0. The Hall–Kier alpha value is -0.720. The molecule has 0 heterocycles. The van der Waals surface area contributed by atoms with Crippen LogP contribution in [0.25, 0.3) is 0 Å². The predicted molar refractivity (Wildman–Crippen MR) is 40.6 cm³/mol. The molecule has 0 saturated heterocycles. The minimum Gasteiger partial charge on any atom is -0.487 e. The molecule has 0 saturated carbocycles. The maximum absolute atomic E-state index is 8.94. The van der Waals surface area contributed by atoms with Gasteiger partial charge in [-0.2, -0.15) is 0 Å². The SMILES string of the molecule is CC=C=CO[C@H](C)[C@@H](C)O. The Labute approximate surface area is 61.8 Å². The van der Waals surface area contributed by atoms with E-state index in [2.05, 4.69) is 5.73 Å². The first-order valence-electron chi connectivity index (χ1n) is 3.37. The summed E-state index contributed by atoms with van der Waals surface area (Å²) < 4.78 is 5.03. The van der Waals surface area contributed by atoms with Crippen molar-refractivity contribution < 1.29 is 9.84 Å². The summed E-state index contributed by atoms with van der Waals surface area (Å²) >= 11 is 0. The standard InChI is InChI=1S/C8H14O2/c1-4-5-6-10-8(3)7(2)9/h4,6-9H,1-3H3/t5?,7-,8-/m1/s1. The van der Waals surface area contributed by atoms with Gasteiger partial charge in [-0.3, -0.25) is 0 Å². The monoisotopic (exact) mass is 142 g/mol. The number of rotatable bonds is 3. The van der Waals surface area contributed by atoms with Gasteiger partial charge in [-0.1, -0.05) is 5.73 Å². The molecule has 10 heavy (non-hydrogen) atoms. The summed E-state index contributed by atoms with van der Waals surface area (Å²) in [6, 6.07) is 0. The number of allylic oxidation sites excluding steroid dienone is 1. The van der Waals surface area contributed by atoms with Gasteiger partial charge in [0.05, 0.1) is 6.10 Å². The topological polar surface area (TPSA) is 29.5 Å². The molecule has 0 aliphatic carbocycles. The fourth-order valence-corrected chi connectivity index (χ4v) is 0.328. The van der Waals surface area contributed by atoms with E-state index in [1.807, 2.05) is 6.92 Å². The van der Waals surface area contributed by atoms with Crippen LogP contribution in [-0.2, 0) is 4.74 Å². The molecular weight excluding hydrogens is 128 g/mol. The third kappa shape index (κ3) is 4.19. The van der Waals surface area contributed by atoms with E-state index < -0.39 is 6.10 Å². The van der Waals surface area contributed by atoms with E-state index in [1.54, 1.807) is 19.9 Å². The molecule has 0 aromatic carbocycles. The van der Waals surface area contributed by atoms with E-state index in [0.29, 0.717) is 0 Å². The van der Waals surface area contributed by atoms with Crippen molar-refractivity contribution in [3.05, 3.63) is 18.1 Å². The summed E-state index contributed by atoms with van der Waals surface area (Å²) in [5.41, 5.74) is 2.75. The summed E-state index contributed by atoms with van der Waals surface area (Å²) in [6.45, 7) is 5.35. The van der Waals surface area contributed by atoms with E-state index in [-0.39, 0.29) is 6.10 Å². The Bertz CT molecular complexity index is 132. The van der Waals surface area contributed by atoms with Crippen LogP contribution in [0.2, 0.25) is 0 Å². The summed E-state index contributed by atoms with van der Waals surface area (Å²) in [5, 5.41) is 8.94. The van der Waals surface area contributed by atoms with Crippen molar-refractivity contribution in [3.8, 4) is 0 Å². The predicted octanol–water partition coefficient (Wildman–Crippen LogP) is 1.46. The van der Waals surface area contributed by atoms with E-state index in [9.17, 15) is 0 Å². The van der Waals surface area contributed by atoms with E-state index in [4.69, 9.17) is 9.84 Å². The molecule has 0 aromatic heterocycles. The van der Waals surface area contributed by atoms with E-state index in [0.717, 1.165) is 0 Å². The largest absolute Gasteiger partial charge is 0.487 e. The molecule has 0 spiro atoms. The lowest BCUT2D eigenvalue weighted by Gasteiger charge is -2.12. The van der Waals surface area contributed by atoms with Gasteiger partial charge in [0.15, 0.2) is 0 Å². The zero-order chi connectivity index (χ0) is 7.98. The molecule has 2 heteroatoms. The minimum absolute atomic E-state index is 0.160. The van der Waals surface area contributed by atoms with Crippen LogP contribution in [0.3, 0.4) is 0 Å². The molecule has 2 atom stereocenters. The highest BCUT2D eigenvalue weighted by Gasteiger charge is 2.05. The molecule has 0 bridgehead atoms. The molecule has 0 radical (unpaired) electrons. The molecule has 0 aliphatic rings. The molecule has 58 valence electrons. The van der Waals surface area contributed by atoms with Crippen LogP contribution < -0.4 is 0 Å². The second-order valence-electron chi connectivity index (χ2n) is 2.15. The number of aliphatic hydroxyl groups is 1. The Morgan fingerprint density at radius 2 is 2.10 bits per heavy atom. The first-order valence-corrected chi connectivity index (χ1v) is 3.37. The van der Waals surface area contributed by atoms with Crippen molar-refractivity contribution in [2.75, 3.05) is 0 Å². The Morgan fingerprint density at radius 1 is 1.50 bits per heavy atom. The summed E-state index contributed by atoms with van der Waals surface area (Å²) in [7, 11) is 0. The highest BCUT2D eigenvalue weighted by molar-refractivity contribution is 4.75. The van der Waals surface area contributed by atoms with Gasteiger partial charge < -0.3 is 9.84 Å². The lowest BCUT2D eigenvalue weighted by molar-refractivity contribution is 0.0320. The first-order chi connectivity index (χ1) is 4.68. The average Bonchev–Trinajstić information content (AvgIpc) is 1.88. The van der Waals surface area contributed by atoms with Gasteiger partial charge in [0.2, 0.25) is 0 Å². The molecule has 0 aliphatic heterocycles. The van der Waals surface area contributed by atoms with Crippen LogP contribution in [0, 0.1) is 0 Å². The van der Waals surface area contributed by atoms with E-state index in [1.165, 1.54) is 6.26 Å². The van der Waals surface area contributed by atoms with Gasteiger partial charge in [0.1, 0.15) is 12.4 Å². The zero-order valence-electron chi connectivity index (χ0n) is 6.66. The first kappa shape index (κ1) is 9.28. The zero-order valence-corrected chi connectivity index (χ0v) is 6.66. The Balaban J connectivity index is 3.59. The van der Waals surface area contributed by atoms with Crippen molar-refractivity contribution in [2.24, 2.45) is 0 Å². The molecular formula is C8H14O2. The highest BCUT2D eigenvalue weighted by atomic mass is 16.5. The maximum atomic E-state index is 8.94. The highest BCUT2D eigenvalue weighted by Crippen LogP contribution is 1.96. The molecule has 0 rings (SSSR count). The second kappa shape index (κ2) is 5.10. The fraction of sp³-hybridized carbons (Fsp3) is 0.625. The number of ether oxygens (including phenoxy) is 1. The molecule has 0 amide bonds. The summed E-state index contributed by atoms with van der Waals surface area (Å²) in [5.74, 6) is 0. The van der Waals surface area contributed by atoms with Crippen LogP contribution in [0.4, 0.5) is 0 Å². The van der Waals surface area contributed by atoms with Crippen molar-refractivity contribution in [3.63, 3.8) is 0 Å². The third-order valence-corrected chi connectivity index (χ3v) is 1.20. The molecule has 0 aromatic rings. The number of aliphatic hydroxyl groups excluding tert-OH is 1. The van der Waals surface area contributed by atoms with Crippen LogP contribution in [0.1, 0.15) is 20.8 Å². The normalized spacial score (nSPS) is 14.8. The van der Waals surface area contributed by atoms with Gasteiger partial charge in [0.25, 0.3) is 0 Å². The van der Waals surface area contributed by atoms with E-state index >= 15 is 0 Å². The van der Waals surface area contributed by atoms with Gasteiger partial charge >= 0.3 is 0 Å². The molecule has 0 fully saturated rings. The summed E-state index contributed by atoms with van der Waals surface area (Å²) in [6.07, 6.45) is 2.61. The van der Waals surface area contributed by atoms with Crippen molar-refractivity contribution in [1.82, 2.24) is 0 Å². The smallest absolute Gasteiger partial charge is 0.125 e. The van der Waals surface area contributed by atoms with Gasteiger partial charge in [-0.05, 0) is 26.8 Å². The second-order valence-corrected chi connectivity index (χ2v) is 2.15. The lowest BCUT2D eigenvalue weighted by atomic mass is 10.3. The quantitative estimate of drug-likeness (QED) is 0.477. The average molecular weight is 142 g/mol. The lowest BCUT2D eigenvalue weighted by Crippen LogP contribution is -2.20. The molecule has 1 N–H and O–H groups in total. The minimum atomic E-state index is -0.435. The number of hydrogen-bond donors (Lipinski definition) is 1. The van der Waals surface area contributed by atoms with Crippen LogP contribution in [-0.4, -0.2) is 17.3 Å². The van der Waals surface area contributed by atoms with Gasteiger partial charge in [0, 0.05) is 0 Å². The number of hydrogen-bond acceptors (Lipinski definition) is 2. The van der Waals surface area contributed by atoms with Crippen LogP contribution in [0.15, 0.2) is 18.1 Å². The van der Waals surface area contributed by atoms with Crippen molar-refractivity contribution >= 4 is 0 Å². The third-order valence-electron chi connectivity index (χ3n) is 1.20. The van der Waals surface area contributed by atoms with Crippen molar-refractivity contribution in [1.29, 1.82) is 0 Å². The Kier molecular flexibility index (Phi) is 4.73. The molecule has 0 unspecified atom stereocenters. The maximum Gasteiger partial charge on any atom is 0.125 e. The van der Waals surface area contributed by atoms with Crippen LogP contribution >= 0.6 is 0 Å². The van der Waals surface area contributed by atoms with Crippen molar-refractivity contribution in [2.45, 2.75) is 33.0 Å².